The van der Waals surface area contributed by atoms with Gasteiger partial charge >= 0.3 is 0 Å². The predicted molar refractivity (Wildman–Crippen MR) is 95.3 cm³/mol. The van der Waals surface area contributed by atoms with Crippen molar-refractivity contribution < 1.29 is 13.2 Å². The minimum absolute atomic E-state index is 0.0743. The summed E-state index contributed by atoms with van der Waals surface area (Å²) in [4.78, 5) is 14.5. The number of rotatable bonds is 6. The Morgan fingerprint density at radius 2 is 2.08 bits per heavy atom. The van der Waals surface area contributed by atoms with Crippen LogP contribution in [0.3, 0.4) is 0 Å². The number of tetrazole rings is 1. The molecule has 0 saturated carbocycles. The van der Waals surface area contributed by atoms with E-state index in [0.717, 1.165) is 0 Å². The highest BCUT2D eigenvalue weighted by Crippen LogP contribution is 2.16. The Morgan fingerprint density at radius 3 is 2.73 bits per heavy atom. The largest absolute Gasteiger partial charge is 0.339 e. The number of hydrogen-bond acceptors (Lipinski definition) is 6. The molecular weight excluding hydrogens is 356 g/mol. The fourth-order valence-corrected chi connectivity index (χ4v) is 4.42. The summed E-state index contributed by atoms with van der Waals surface area (Å²) in [6.45, 7) is 2.88. The molecule has 0 bridgehead atoms. The number of sulfonamides is 1. The van der Waals surface area contributed by atoms with Gasteiger partial charge in [-0.25, -0.2) is 17.8 Å². The van der Waals surface area contributed by atoms with E-state index < -0.39 is 10.0 Å². The molecule has 1 aliphatic heterocycles. The molecule has 0 spiro atoms. The molecule has 9 nitrogen and oxygen atoms in total. The summed E-state index contributed by atoms with van der Waals surface area (Å²) in [5.74, 6) is 0.0607. The number of aromatic nitrogens is 4. The molecule has 0 radical (unpaired) electrons. The summed E-state index contributed by atoms with van der Waals surface area (Å²) in [6.07, 6.45) is 3.28. The summed E-state index contributed by atoms with van der Waals surface area (Å²) in [7, 11) is -3.23. The first kappa shape index (κ1) is 18.5. The highest BCUT2D eigenvalue weighted by atomic mass is 32.2. The second-order valence-corrected chi connectivity index (χ2v) is 8.18. The summed E-state index contributed by atoms with van der Waals surface area (Å²) in [6, 6.07) is 7.00. The first-order valence-corrected chi connectivity index (χ1v) is 10.3. The maximum atomic E-state index is 12.7. The smallest absolute Gasteiger partial charge is 0.253 e. The zero-order valence-electron chi connectivity index (χ0n) is 14.6. The molecule has 1 aromatic heterocycles. The third-order valence-corrected chi connectivity index (χ3v) is 5.95. The van der Waals surface area contributed by atoms with Crippen molar-refractivity contribution in [1.29, 1.82) is 0 Å². The molecule has 0 atom stereocenters. The van der Waals surface area contributed by atoms with Crippen molar-refractivity contribution in [2.24, 2.45) is 0 Å². The number of carbonyl (C=O) groups is 1. The maximum Gasteiger partial charge on any atom is 0.253 e. The SMILES string of the molecule is CCCS(=O)(=O)NC1CCN(C(=O)c2cccc(-n3cnnn3)c2)CC1. The van der Waals surface area contributed by atoms with Gasteiger partial charge in [-0.15, -0.1) is 5.10 Å². The minimum Gasteiger partial charge on any atom is -0.339 e. The molecule has 10 heteroatoms. The minimum atomic E-state index is -3.23. The van der Waals surface area contributed by atoms with Gasteiger partial charge < -0.3 is 4.90 Å². The van der Waals surface area contributed by atoms with Crippen molar-refractivity contribution in [1.82, 2.24) is 29.8 Å². The van der Waals surface area contributed by atoms with E-state index in [2.05, 4.69) is 20.2 Å². The van der Waals surface area contributed by atoms with Gasteiger partial charge in [0.15, 0.2) is 0 Å². The van der Waals surface area contributed by atoms with Crippen LogP contribution in [0.5, 0.6) is 0 Å². The zero-order valence-corrected chi connectivity index (χ0v) is 15.4. The summed E-state index contributed by atoms with van der Waals surface area (Å²) in [5, 5.41) is 11.0. The van der Waals surface area contributed by atoms with E-state index in [0.29, 0.717) is 43.6 Å². The lowest BCUT2D eigenvalue weighted by Gasteiger charge is -2.32. The van der Waals surface area contributed by atoms with Crippen LogP contribution in [-0.2, 0) is 10.0 Å². The standard InChI is InChI=1S/C16H22N6O3S/c1-2-10-26(24,25)18-14-6-8-21(9-7-14)16(23)13-4-3-5-15(11-13)22-12-17-19-20-22/h3-5,11-12,14,18H,2,6-10H2,1H3. The van der Waals surface area contributed by atoms with Crippen LogP contribution in [0, 0.1) is 0 Å². The van der Waals surface area contributed by atoms with Crippen molar-refractivity contribution in [2.75, 3.05) is 18.8 Å². The molecule has 1 aliphatic rings. The second-order valence-electron chi connectivity index (χ2n) is 6.31. The maximum absolute atomic E-state index is 12.7. The number of hydrogen-bond donors (Lipinski definition) is 1. The molecule has 26 heavy (non-hydrogen) atoms. The summed E-state index contributed by atoms with van der Waals surface area (Å²) in [5.41, 5.74) is 1.27. The Labute approximate surface area is 152 Å². The lowest BCUT2D eigenvalue weighted by Crippen LogP contribution is -2.47. The number of likely N-dealkylation sites (tertiary alicyclic amines) is 1. The van der Waals surface area contributed by atoms with Gasteiger partial charge in [0, 0.05) is 24.7 Å². The van der Waals surface area contributed by atoms with E-state index in [1.807, 2.05) is 13.0 Å². The number of nitrogens with zero attached hydrogens (tertiary/aromatic N) is 5. The Bertz CT molecular complexity index is 845. The Hall–Kier alpha value is -2.33. The first-order valence-electron chi connectivity index (χ1n) is 8.61. The van der Waals surface area contributed by atoms with Gasteiger partial charge in [0.25, 0.3) is 5.91 Å². The number of amides is 1. The fourth-order valence-electron chi connectivity index (χ4n) is 3.03. The quantitative estimate of drug-likeness (QED) is 0.788. The fraction of sp³-hybridized carbons (Fsp3) is 0.500. The van der Waals surface area contributed by atoms with Crippen LogP contribution in [0.4, 0.5) is 0 Å². The number of benzene rings is 1. The predicted octanol–water partition coefficient (Wildman–Crippen LogP) is 0.596. The van der Waals surface area contributed by atoms with Crippen LogP contribution < -0.4 is 4.72 Å². The van der Waals surface area contributed by atoms with Crippen molar-refractivity contribution >= 4 is 15.9 Å². The van der Waals surface area contributed by atoms with Crippen LogP contribution in [0.2, 0.25) is 0 Å². The molecule has 2 aromatic rings. The van der Waals surface area contributed by atoms with Gasteiger partial charge in [-0.1, -0.05) is 13.0 Å². The highest BCUT2D eigenvalue weighted by Gasteiger charge is 2.26. The number of nitrogens with one attached hydrogen (secondary N) is 1. The van der Waals surface area contributed by atoms with Crippen molar-refractivity contribution in [3.63, 3.8) is 0 Å². The molecule has 1 aromatic carbocycles. The lowest BCUT2D eigenvalue weighted by molar-refractivity contribution is 0.0711. The van der Waals surface area contributed by atoms with Crippen LogP contribution in [0.1, 0.15) is 36.5 Å². The van der Waals surface area contributed by atoms with E-state index >= 15 is 0 Å². The van der Waals surface area contributed by atoms with Crippen molar-refractivity contribution in [2.45, 2.75) is 32.2 Å². The summed E-state index contributed by atoms with van der Waals surface area (Å²) >= 11 is 0. The molecule has 0 aliphatic carbocycles. The van der Waals surface area contributed by atoms with E-state index in [1.165, 1.54) is 11.0 Å². The molecule has 1 N–H and O–H groups in total. The third kappa shape index (κ3) is 4.44. The molecule has 1 fully saturated rings. The third-order valence-electron chi connectivity index (χ3n) is 4.31. The van der Waals surface area contributed by atoms with E-state index in [4.69, 9.17) is 0 Å². The van der Waals surface area contributed by atoms with Crippen molar-refractivity contribution in [3.8, 4) is 5.69 Å². The zero-order chi connectivity index (χ0) is 18.6. The van der Waals surface area contributed by atoms with Crippen LogP contribution >= 0.6 is 0 Å². The Morgan fingerprint density at radius 1 is 1.31 bits per heavy atom. The van der Waals surface area contributed by atoms with Crippen LogP contribution in [0.25, 0.3) is 5.69 Å². The Kier molecular flexibility index (Phi) is 5.62. The monoisotopic (exact) mass is 378 g/mol. The molecule has 0 unspecified atom stereocenters. The van der Waals surface area contributed by atoms with Gasteiger partial charge in [-0.2, -0.15) is 0 Å². The average Bonchev–Trinajstić information content (AvgIpc) is 3.16. The topological polar surface area (TPSA) is 110 Å². The van der Waals surface area contributed by atoms with E-state index in [9.17, 15) is 13.2 Å². The van der Waals surface area contributed by atoms with Gasteiger partial charge in [0.2, 0.25) is 10.0 Å². The summed E-state index contributed by atoms with van der Waals surface area (Å²) < 4.78 is 28.0. The molecule has 1 amide bonds. The van der Waals surface area contributed by atoms with Crippen LogP contribution in [0.15, 0.2) is 30.6 Å². The number of carbonyl (C=O) groups excluding carboxylic acids is 1. The molecular formula is C16H22N6O3S. The van der Waals surface area contributed by atoms with E-state index in [-0.39, 0.29) is 17.7 Å². The molecule has 140 valence electrons. The van der Waals surface area contributed by atoms with Crippen LogP contribution in [-0.4, -0.2) is 64.3 Å². The van der Waals surface area contributed by atoms with Gasteiger partial charge in [0.05, 0.1) is 11.4 Å². The van der Waals surface area contributed by atoms with E-state index in [1.54, 1.807) is 23.1 Å². The lowest BCUT2D eigenvalue weighted by atomic mass is 10.0. The normalized spacial score (nSPS) is 16.0. The van der Waals surface area contributed by atoms with Gasteiger partial charge in [-0.3, -0.25) is 4.79 Å². The van der Waals surface area contributed by atoms with Crippen molar-refractivity contribution in [3.05, 3.63) is 36.2 Å². The van der Waals surface area contributed by atoms with Gasteiger partial charge in [-0.05, 0) is 47.9 Å². The second kappa shape index (κ2) is 7.92. The van der Waals surface area contributed by atoms with Gasteiger partial charge in [0.1, 0.15) is 6.33 Å². The first-order chi connectivity index (χ1) is 12.5. The molecule has 2 heterocycles. The highest BCUT2D eigenvalue weighted by molar-refractivity contribution is 7.89. The average molecular weight is 378 g/mol. The Balaban J connectivity index is 1.61. The number of piperidine rings is 1. The molecule has 1 saturated heterocycles. The molecule has 3 rings (SSSR count).